The summed E-state index contributed by atoms with van der Waals surface area (Å²) in [4.78, 5) is 10.6. The van der Waals surface area contributed by atoms with E-state index in [1.54, 1.807) is 12.4 Å². The van der Waals surface area contributed by atoms with Gasteiger partial charge in [0.25, 0.3) is 0 Å². The number of aliphatic hydroxyl groups excluding tert-OH is 1. The summed E-state index contributed by atoms with van der Waals surface area (Å²) >= 11 is 0. The Labute approximate surface area is 106 Å². The number of aliphatic hydroxyl groups is 1. The lowest BCUT2D eigenvalue weighted by Crippen LogP contribution is -2.38. The van der Waals surface area contributed by atoms with Crippen molar-refractivity contribution in [2.45, 2.75) is 18.9 Å². The van der Waals surface area contributed by atoms with Crippen LogP contribution in [0.4, 0.5) is 11.6 Å². The molecule has 4 N–H and O–H groups in total. The number of hydrazine groups is 1. The van der Waals surface area contributed by atoms with Crippen molar-refractivity contribution < 1.29 is 9.84 Å². The van der Waals surface area contributed by atoms with E-state index in [2.05, 4.69) is 20.3 Å². The number of hydrogen-bond acceptors (Lipinski definition) is 7. The molecule has 1 saturated heterocycles. The molecule has 1 aliphatic heterocycles. The molecule has 1 aliphatic rings. The van der Waals surface area contributed by atoms with Crippen molar-refractivity contribution >= 4 is 11.6 Å². The molecule has 0 atom stereocenters. The highest BCUT2D eigenvalue weighted by atomic mass is 16.5. The molecular formula is C11H19N5O2. The van der Waals surface area contributed by atoms with Gasteiger partial charge < -0.3 is 20.2 Å². The Morgan fingerprint density at radius 2 is 2.22 bits per heavy atom. The number of anilines is 2. The fraction of sp³-hybridized carbons (Fsp3) is 0.636. The molecule has 1 fully saturated rings. The summed E-state index contributed by atoms with van der Waals surface area (Å²) in [5.41, 5.74) is 2.49. The molecule has 1 aromatic rings. The van der Waals surface area contributed by atoms with E-state index >= 15 is 0 Å². The molecule has 7 nitrogen and oxygen atoms in total. The van der Waals surface area contributed by atoms with E-state index in [9.17, 15) is 0 Å². The maximum Gasteiger partial charge on any atom is 0.160 e. The summed E-state index contributed by atoms with van der Waals surface area (Å²) in [6.07, 6.45) is 5.41. The van der Waals surface area contributed by atoms with Crippen molar-refractivity contribution in [3.63, 3.8) is 0 Å². The Balaban J connectivity index is 1.88. The van der Waals surface area contributed by atoms with Gasteiger partial charge in [0, 0.05) is 13.1 Å². The second-order valence-corrected chi connectivity index (χ2v) is 4.19. The quantitative estimate of drug-likeness (QED) is 0.491. The molecule has 0 bridgehead atoms. The smallest absolute Gasteiger partial charge is 0.160 e. The molecule has 0 aliphatic carbocycles. The standard InChI is InChI=1S/C11H19N5O2/c12-15-10-7-13-8-11(14-10)16-3-1-9(2-4-16)18-6-5-17/h7-9,17H,1-6,12H2,(H,14,15). The summed E-state index contributed by atoms with van der Waals surface area (Å²) in [7, 11) is 0. The molecule has 0 radical (unpaired) electrons. The van der Waals surface area contributed by atoms with Crippen LogP contribution in [0.3, 0.4) is 0 Å². The number of nitrogens with one attached hydrogen (secondary N) is 1. The van der Waals surface area contributed by atoms with Gasteiger partial charge >= 0.3 is 0 Å². The Morgan fingerprint density at radius 3 is 2.89 bits per heavy atom. The summed E-state index contributed by atoms with van der Waals surface area (Å²) in [5.74, 6) is 6.70. The van der Waals surface area contributed by atoms with Gasteiger partial charge in [-0.15, -0.1) is 0 Å². The van der Waals surface area contributed by atoms with Gasteiger partial charge in [0.05, 0.1) is 31.7 Å². The molecule has 0 spiro atoms. The minimum absolute atomic E-state index is 0.0793. The monoisotopic (exact) mass is 253 g/mol. The number of ether oxygens (including phenoxy) is 1. The van der Waals surface area contributed by atoms with Crippen molar-refractivity contribution in [3.8, 4) is 0 Å². The molecule has 7 heteroatoms. The van der Waals surface area contributed by atoms with Crippen molar-refractivity contribution in [1.29, 1.82) is 0 Å². The van der Waals surface area contributed by atoms with Gasteiger partial charge in [0.1, 0.15) is 5.82 Å². The summed E-state index contributed by atoms with van der Waals surface area (Å²) in [5, 5.41) is 8.71. The molecular weight excluding hydrogens is 234 g/mol. The zero-order valence-corrected chi connectivity index (χ0v) is 10.2. The highest BCUT2D eigenvalue weighted by Crippen LogP contribution is 2.19. The molecule has 2 heterocycles. The van der Waals surface area contributed by atoms with Crippen molar-refractivity contribution in [3.05, 3.63) is 12.4 Å². The Hall–Kier alpha value is -1.44. The molecule has 18 heavy (non-hydrogen) atoms. The SMILES string of the molecule is NNc1cncc(N2CCC(OCCO)CC2)n1. The van der Waals surface area contributed by atoms with E-state index < -0.39 is 0 Å². The van der Waals surface area contributed by atoms with Gasteiger partial charge in [0.15, 0.2) is 5.82 Å². The number of aromatic nitrogens is 2. The van der Waals surface area contributed by atoms with Crippen molar-refractivity contribution in [2.24, 2.45) is 5.84 Å². The van der Waals surface area contributed by atoms with Crippen LogP contribution in [0.5, 0.6) is 0 Å². The van der Waals surface area contributed by atoms with Crippen LogP contribution >= 0.6 is 0 Å². The fourth-order valence-corrected chi connectivity index (χ4v) is 2.05. The highest BCUT2D eigenvalue weighted by molar-refractivity contribution is 5.43. The summed E-state index contributed by atoms with van der Waals surface area (Å²) in [6.45, 7) is 2.24. The number of nitrogen functional groups attached to an aromatic ring is 1. The number of piperidine rings is 1. The van der Waals surface area contributed by atoms with Crippen LogP contribution in [0.15, 0.2) is 12.4 Å². The first kappa shape index (κ1) is 13.0. The van der Waals surface area contributed by atoms with E-state index in [0.29, 0.717) is 12.4 Å². The van der Waals surface area contributed by atoms with E-state index in [0.717, 1.165) is 31.7 Å². The Bertz CT molecular complexity index is 368. The van der Waals surface area contributed by atoms with Crippen LogP contribution in [0.2, 0.25) is 0 Å². The lowest BCUT2D eigenvalue weighted by molar-refractivity contribution is 0.0158. The topological polar surface area (TPSA) is 96.5 Å². The predicted molar refractivity (Wildman–Crippen MR) is 68.1 cm³/mol. The fourth-order valence-electron chi connectivity index (χ4n) is 2.05. The predicted octanol–water partition coefficient (Wildman–Crippen LogP) is -0.260. The zero-order valence-electron chi connectivity index (χ0n) is 10.2. The van der Waals surface area contributed by atoms with Crippen LogP contribution in [0, 0.1) is 0 Å². The number of nitrogens with two attached hydrogens (primary N) is 1. The van der Waals surface area contributed by atoms with Crippen LogP contribution in [-0.2, 0) is 4.74 Å². The largest absolute Gasteiger partial charge is 0.394 e. The van der Waals surface area contributed by atoms with E-state index in [1.165, 1.54) is 0 Å². The average Bonchev–Trinajstić information content (AvgIpc) is 2.46. The minimum Gasteiger partial charge on any atom is -0.394 e. The second-order valence-electron chi connectivity index (χ2n) is 4.19. The first-order chi connectivity index (χ1) is 8.83. The molecule has 1 aromatic heterocycles. The van der Waals surface area contributed by atoms with Crippen LogP contribution in [0.25, 0.3) is 0 Å². The zero-order chi connectivity index (χ0) is 12.8. The Kier molecular flexibility index (Phi) is 4.68. The summed E-state index contributed by atoms with van der Waals surface area (Å²) < 4.78 is 5.52. The molecule has 0 unspecified atom stereocenters. The van der Waals surface area contributed by atoms with Gasteiger partial charge in [-0.3, -0.25) is 4.98 Å². The number of nitrogens with zero attached hydrogens (tertiary/aromatic N) is 3. The maximum absolute atomic E-state index is 8.71. The molecule has 0 saturated carbocycles. The van der Waals surface area contributed by atoms with E-state index in [-0.39, 0.29) is 12.7 Å². The first-order valence-electron chi connectivity index (χ1n) is 6.09. The van der Waals surface area contributed by atoms with Crippen LogP contribution < -0.4 is 16.2 Å². The Morgan fingerprint density at radius 1 is 1.44 bits per heavy atom. The molecule has 2 rings (SSSR count). The van der Waals surface area contributed by atoms with Crippen LogP contribution in [-0.4, -0.2) is 47.5 Å². The van der Waals surface area contributed by atoms with Gasteiger partial charge in [-0.05, 0) is 12.8 Å². The van der Waals surface area contributed by atoms with Gasteiger partial charge in [0.2, 0.25) is 0 Å². The van der Waals surface area contributed by atoms with Gasteiger partial charge in [-0.25, -0.2) is 10.8 Å². The third-order valence-corrected chi connectivity index (χ3v) is 2.98. The highest BCUT2D eigenvalue weighted by Gasteiger charge is 2.20. The molecule has 0 amide bonds. The van der Waals surface area contributed by atoms with Crippen LogP contribution in [0.1, 0.15) is 12.8 Å². The molecule has 0 aromatic carbocycles. The third-order valence-electron chi connectivity index (χ3n) is 2.98. The molecule has 100 valence electrons. The average molecular weight is 253 g/mol. The van der Waals surface area contributed by atoms with Crippen molar-refractivity contribution in [2.75, 3.05) is 36.6 Å². The second kappa shape index (κ2) is 6.48. The number of rotatable bonds is 5. The maximum atomic E-state index is 8.71. The normalized spacial score (nSPS) is 16.9. The third kappa shape index (κ3) is 3.28. The van der Waals surface area contributed by atoms with Gasteiger partial charge in [-0.2, -0.15) is 0 Å². The summed E-state index contributed by atoms with van der Waals surface area (Å²) in [6, 6.07) is 0. The lowest BCUT2D eigenvalue weighted by Gasteiger charge is -2.32. The van der Waals surface area contributed by atoms with Crippen molar-refractivity contribution in [1.82, 2.24) is 9.97 Å². The van der Waals surface area contributed by atoms with E-state index in [4.69, 9.17) is 15.7 Å². The van der Waals surface area contributed by atoms with E-state index in [1.807, 2.05) is 0 Å². The minimum atomic E-state index is 0.0793. The van der Waals surface area contributed by atoms with Gasteiger partial charge in [-0.1, -0.05) is 0 Å². The first-order valence-corrected chi connectivity index (χ1v) is 6.09. The lowest BCUT2D eigenvalue weighted by atomic mass is 10.1. The number of hydrogen-bond donors (Lipinski definition) is 3.